The van der Waals surface area contributed by atoms with Gasteiger partial charge in [-0.25, -0.2) is 4.98 Å². The quantitative estimate of drug-likeness (QED) is 0.650. The zero-order valence-electron chi connectivity index (χ0n) is 18.3. The van der Waals surface area contributed by atoms with Gasteiger partial charge in [-0.15, -0.1) is 0 Å². The highest BCUT2D eigenvalue weighted by Gasteiger charge is 2.49. The number of ether oxygens (including phenoxy) is 1. The molecule has 2 unspecified atom stereocenters. The van der Waals surface area contributed by atoms with E-state index in [1.54, 1.807) is 6.07 Å². The van der Waals surface area contributed by atoms with Gasteiger partial charge < -0.3 is 14.6 Å². The van der Waals surface area contributed by atoms with Crippen molar-refractivity contribution in [1.82, 2.24) is 9.55 Å². The smallest absolute Gasteiger partial charge is 0.376 e. The third kappa shape index (κ3) is 5.03. The van der Waals surface area contributed by atoms with Gasteiger partial charge in [-0.3, -0.25) is 14.5 Å². The molecule has 2 amide bonds. The fraction of sp³-hybridized carbons (Fsp3) is 0.500. The molecule has 1 saturated heterocycles. The topological polar surface area (TPSA) is 76.5 Å². The van der Waals surface area contributed by atoms with Crippen LogP contribution < -0.4 is 10.2 Å². The van der Waals surface area contributed by atoms with E-state index in [1.165, 1.54) is 18.2 Å². The molecule has 0 radical (unpaired) electrons. The fourth-order valence-electron chi connectivity index (χ4n) is 4.13. The lowest BCUT2D eigenvalue weighted by Gasteiger charge is -2.31. The van der Waals surface area contributed by atoms with E-state index in [9.17, 15) is 22.8 Å². The Morgan fingerprint density at radius 2 is 2.06 bits per heavy atom. The maximum atomic E-state index is 13.9. The number of amides is 2. The molecule has 178 valence electrons. The van der Waals surface area contributed by atoms with Gasteiger partial charge in [0.1, 0.15) is 6.04 Å². The number of hydrogen-bond acceptors (Lipinski definition) is 5. The van der Waals surface area contributed by atoms with Crippen LogP contribution >= 0.6 is 11.8 Å². The Labute approximate surface area is 193 Å². The number of para-hydroxylation sites is 2. The number of nitrogens with zero attached hydrogens (tertiary/aromatic N) is 3. The zero-order valence-corrected chi connectivity index (χ0v) is 19.1. The number of rotatable bonds is 5. The van der Waals surface area contributed by atoms with Gasteiger partial charge in [0.2, 0.25) is 11.8 Å². The molecule has 0 aliphatic carbocycles. The summed E-state index contributed by atoms with van der Waals surface area (Å²) in [4.78, 5) is 30.5. The molecule has 33 heavy (non-hydrogen) atoms. The molecule has 3 heterocycles. The van der Waals surface area contributed by atoms with Crippen LogP contribution in [0.2, 0.25) is 0 Å². The average molecular weight is 483 g/mol. The van der Waals surface area contributed by atoms with E-state index in [4.69, 9.17) is 4.74 Å². The van der Waals surface area contributed by atoms with Crippen LogP contribution in [0.1, 0.15) is 30.7 Å². The van der Waals surface area contributed by atoms with Crippen molar-refractivity contribution in [2.45, 2.75) is 63.1 Å². The summed E-state index contributed by atoms with van der Waals surface area (Å²) in [7, 11) is 0. The Morgan fingerprint density at radius 3 is 2.76 bits per heavy atom. The first-order valence-electron chi connectivity index (χ1n) is 10.7. The van der Waals surface area contributed by atoms with Crippen molar-refractivity contribution in [3.8, 4) is 0 Å². The van der Waals surface area contributed by atoms with Crippen molar-refractivity contribution in [1.29, 1.82) is 0 Å². The van der Waals surface area contributed by atoms with Gasteiger partial charge in [0, 0.05) is 12.3 Å². The first kappa shape index (κ1) is 23.6. The number of hydrogen-bond donors (Lipinski definition) is 1. The molecule has 1 aromatic heterocycles. The molecule has 0 bridgehead atoms. The molecule has 1 aromatic carbocycles. The highest BCUT2D eigenvalue weighted by molar-refractivity contribution is 7.99. The maximum absolute atomic E-state index is 13.9. The van der Waals surface area contributed by atoms with E-state index in [0.717, 1.165) is 36.0 Å². The minimum atomic E-state index is -4.76. The maximum Gasteiger partial charge on any atom is 0.409 e. The Bertz CT molecular complexity index is 1050. The van der Waals surface area contributed by atoms with Gasteiger partial charge in [0.05, 0.1) is 41.9 Å². The van der Waals surface area contributed by atoms with Gasteiger partial charge >= 0.3 is 6.18 Å². The summed E-state index contributed by atoms with van der Waals surface area (Å²) in [6, 6.07) is 3.79. The van der Waals surface area contributed by atoms with E-state index in [1.807, 2.05) is 18.4 Å². The molecule has 2 aromatic rings. The molecule has 2 atom stereocenters. The number of carbonyl (C=O) groups excluding carboxylic acids is 2. The molecule has 2 aliphatic rings. The SMILES string of the molecule is Cc1nc(SCC(=O)N2c3ccccc3NC(=O)CC2C(F)(F)F)n(CC2CCCO2)c1C. The Morgan fingerprint density at radius 1 is 1.30 bits per heavy atom. The first-order valence-corrected chi connectivity index (χ1v) is 11.7. The summed E-state index contributed by atoms with van der Waals surface area (Å²) in [6.07, 6.45) is -3.66. The van der Waals surface area contributed by atoms with Gasteiger partial charge in [-0.1, -0.05) is 23.9 Å². The number of carbonyl (C=O) groups is 2. The lowest BCUT2D eigenvalue weighted by atomic mass is 10.1. The number of fused-ring (bicyclic) bond motifs is 1. The predicted octanol–water partition coefficient (Wildman–Crippen LogP) is 4.08. The van der Waals surface area contributed by atoms with Crippen LogP contribution in [-0.4, -0.2) is 52.0 Å². The summed E-state index contributed by atoms with van der Waals surface area (Å²) in [5.74, 6) is -1.78. The summed E-state index contributed by atoms with van der Waals surface area (Å²) < 4.78 is 49.4. The highest BCUT2D eigenvalue weighted by atomic mass is 32.2. The number of aromatic nitrogens is 2. The van der Waals surface area contributed by atoms with E-state index < -0.39 is 30.5 Å². The number of anilines is 2. The second kappa shape index (κ2) is 9.38. The molecule has 2 aliphatic heterocycles. The summed E-state index contributed by atoms with van der Waals surface area (Å²) in [5, 5.41) is 3.04. The van der Waals surface area contributed by atoms with Crippen molar-refractivity contribution in [3.63, 3.8) is 0 Å². The molecular formula is C22H25F3N4O3S. The van der Waals surface area contributed by atoms with E-state index >= 15 is 0 Å². The number of imidazole rings is 1. The number of aryl methyl sites for hydroxylation is 1. The van der Waals surface area contributed by atoms with Crippen molar-refractivity contribution < 1.29 is 27.5 Å². The number of nitrogens with one attached hydrogen (secondary N) is 1. The largest absolute Gasteiger partial charge is 0.409 e. The molecule has 4 rings (SSSR count). The number of alkyl halides is 3. The lowest BCUT2D eigenvalue weighted by molar-refractivity contribution is -0.157. The van der Waals surface area contributed by atoms with Crippen LogP contribution in [0.15, 0.2) is 29.4 Å². The van der Waals surface area contributed by atoms with E-state index in [0.29, 0.717) is 23.2 Å². The Balaban J connectivity index is 1.59. The lowest BCUT2D eigenvalue weighted by Crippen LogP contribution is -2.50. The average Bonchev–Trinajstić information content (AvgIpc) is 3.31. The molecule has 0 saturated carbocycles. The standard InChI is InChI=1S/C22H25F3N4O3S/c1-13-14(2)28(11-15-6-5-9-32-15)21(26-13)33-12-20(31)29-17-8-4-3-7-16(17)27-19(30)10-18(29)22(23,24)25/h3-4,7-8,15,18H,5-6,9-12H2,1-2H3,(H,27,30). The van der Waals surface area contributed by atoms with Crippen LogP contribution in [0, 0.1) is 13.8 Å². The van der Waals surface area contributed by atoms with Gasteiger partial charge in [-0.05, 0) is 38.8 Å². The van der Waals surface area contributed by atoms with Crippen LogP contribution in [0.4, 0.5) is 24.5 Å². The van der Waals surface area contributed by atoms with Crippen LogP contribution in [0.5, 0.6) is 0 Å². The molecule has 0 spiro atoms. The number of halogens is 3. The molecular weight excluding hydrogens is 457 g/mol. The Kier molecular flexibility index (Phi) is 6.71. The Hall–Kier alpha value is -2.53. The fourth-order valence-corrected chi connectivity index (χ4v) is 5.09. The minimum absolute atomic E-state index is 0.0336. The van der Waals surface area contributed by atoms with Gasteiger partial charge in [0.25, 0.3) is 0 Å². The number of benzene rings is 1. The molecule has 1 N–H and O–H groups in total. The van der Waals surface area contributed by atoms with Crippen LogP contribution in [0.25, 0.3) is 0 Å². The predicted molar refractivity (Wildman–Crippen MR) is 118 cm³/mol. The van der Waals surface area contributed by atoms with E-state index in [-0.39, 0.29) is 23.2 Å². The van der Waals surface area contributed by atoms with Crippen molar-refractivity contribution in [3.05, 3.63) is 35.7 Å². The van der Waals surface area contributed by atoms with E-state index in [2.05, 4.69) is 10.3 Å². The third-order valence-electron chi connectivity index (χ3n) is 5.93. The van der Waals surface area contributed by atoms with Crippen LogP contribution in [-0.2, 0) is 20.9 Å². The summed E-state index contributed by atoms with van der Waals surface area (Å²) in [6.45, 7) is 5.07. The first-order chi connectivity index (χ1) is 15.6. The third-order valence-corrected chi connectivity index (χ3v) is 6.89. The van der Waals surface area contributed by atoms with Gasteiger partial charge in [-0.2, -0.15) is 13.2 Å². The molecule has 11 heteroatoms. The highest BCUT2D eigenvalue weighted by Crippen LogP contribution is 2.38. The number of thioether (sulfide) groups is 1. The summed E-state index contributed by atoms with van der Waals surface area (Å²) in [5.41, 5.74) is 1.94. The minimum Gasteiger partial charge on any atom is -0.376 e. The second-order valence-electron chi connectivity index (χ2n) is 8.19. The monoisotopic (exact) mass is 482 g/mol. The van der Waals surface area contributed by atoms with Gasteiger partial charge in [0.15, 0.2) is 5.16 Å². The zero-order chi connectivity index (χ0) is 23.8. The molecule has 1 fully saturated rings. The molecule has 7 nitrogen and oxygen atoms in total. The van der Waals surface area contributed by atoms with Crippen LogP contribution in [0.3, 0.4) is 0 Å². The van der Waals surface area contributed by atoms with Crippen molar-refractivity contribution >= 4 is 35.0 Å². The van der Waals surface area contributed by atoms with Crippen molar-refractivity contribution in [2.24, 2.45) is 0 Å². The summed E-state index contributed by atoms with van der Waals surface area (Å²) >= 11 is 1.09. The normalized spacial score (nSPS) is 21.0. The second-order valence-corrected chi connectivity index (χ2v) is 9.13. The van der Waals surface area contributed by atoms with Crippen molar-refractivity contribution in [2.75, 3.05) is 22.6 Å².